The van der Waals surface area contributed by atoms with Gasteiger partial charge in [0.25, 0.3) is 0 Å². The fourth-order valence-electron chi connectivity index (χ4n) is 8.61. The number of benzene rings is 7. The van der Waals surface area contributed by atoms with Crippen LogP contribution in [0.4, 0.5) is 11.6 Å². The third-order valence-corrected chi connectivity index (χ3v) is 11.3. The summed E-state index contributed by atoms with van der Waals surface area (Å²) in [5, 5.41) is 3.55. The van der Waals surface area contributed by atoms with Crippen molar-refractivity contribution in [1.82, 2.24) is 24.1 Å². The highest BCUT2D eigenvalue weighted by Gasteiger charge is 2.24. The zero-order valence-corrected chi connectivity index (χ0v) is 32.7. The second-order valence-electron chi connectivity index (χ2n) is 15.0. The van der Waals surface area contributed by atoms with Crippen molar-refractivity contribution in [2.45, 2.75) is 0 Å². The summed E-state index contributed by atoms with van der Waals surface area (Å²) >= 11 is 0. The van der Waals surface area contributed by atoms with Gasteiger partial charge in [0.15, 0.2) is 11.6 Å². The fraction of sp³-hybridized carbons (Fsp3) is 0.0185. The van der Waals surface area contributed by atoms with Crippen LogP contribution in [0.3, 0.4) is 0 Å². The Morgan fingerprint density at radius 1 is 0.500 bits per heavy atom. The number of aromatic nitrogens is 5. The van der Waals surface area contributed by atoms with E-state index in [0.29, 0.717) is 24.1 Å². The molecule has 0 N–H and O–H groups in total. The summed E-state index contributed by atoms with van der Waals surface area (Å²) in [6.07, 6.45) is 8.85. The summed E-state index contributed by atoms with van der Waals surface area (Å²) in [7, 11) is 0. The minimum atomic E-state index is 0.503. The molecule has 1 aliphatic rings. The van der Waals surface area contributed by atoms with Crippen LogP contribution in [-0.4, -0.2) is 30.6 Å². The van der Waals surface area contributed by atoms with Gasteiger partial charge < -0.3 is 14.0 Å². The van der Waals surface area contributed by atoms with Gasteiger partial charge in [-0.2, -0.15) is 9.97 Å². The SMILES string of the molecule is C=C1/C=C(n2c3ccccc3c3cc(-c4ccccc4)c4c(ccn4-c4ccccc4)c32)\C=C/CN(c2nc(-c3ccccc3)nc(-c3ccccc3)n2)c2ccccc21. The first-order chi connectivity index (χ1) is 29.7. The zero-order valence-electron chi connectivity index (χ0n) is 32.7. The van der Waals surface area contributed by atoms with E-state index in [1.807, 2.05) is 60.7 Å². The minimum absolute atomic E-state index is 0.503. The Bertz CT molecular complexity index is 3230. The van der Waals surface area contributed by atoms with Gasteiger partial charge >= 0.3 is 0 Å². The maximum absolute atomic E-state index is 5.14. The smallest absolute Gasteiger partial charge is 0.234 e. The largest absolute Gasteiger partial charge is 0.316 e. The molecule has 0 unspecified atom stereocenters. The monoisotopic (exact) mass is 770 g/mol. The Kier molecular flexibility index (Phi) is 8.59. The highest BCUT2D eigenvalue weighted by molar-refractivity contribution is 6.22. The molecule has 6 heteroatoms. The van der Waals surface area contributed by atoms with E-state index in [1.54, 1.807) is 0 Å². The van der Waals surface area contributed by atoms with E-state index >= 15 is 0 Å². The van der Waals surface area contributed by atoms with E-state index < -0.39 is 0 Å². The lowest BCUT2D eigenvalue weighted by Gasteiger charge is -2.24. The van der Waals surface area contributed by atoms with Gasteiger partial charge in [0, 0.05) is 62.5 Å². The minimum Gasteiger partial charge on any atom is -0.316 e. The third kappa shape index (κ3) is 6.01. The fourth-order valence-corrected chi connectivity index (χ4v) is 8.61. The number of para-hydroxylation sites is 3. The Morgan fingerprint density at radius 3 is 1.80 bits per heavy atom. The topological polar surface area (TPSA) is 51.8 Å². The lowest BCUT2D eigenvalue weighted by Crippen LogP contribution is -2.21. The molecule has 0 radical (unpaired) electrons. The summed E-state index contributed by atoms with van der Waals surface area (Å²) in [4.78, 5) is 17.4. The van der Waals surface area contributed by atoms with Crippen LogP contribution in [0.1, 0.15) is 5.56 Å². The molecule has 0 fully saturated rings. The van der Waals surface area contributed by atoms with Crippen LogP contribution in [0.2, 0.25) is 0 Å². The van der Waals surface area contributed by atoms with Gasteiger partial charge in [-0.15, -0.1) is 0 Å². The first-order valence-electron chi connectivity index (χ1n) is 20.2. The molecule has 7 aromatic carbocycles. The quantitative estimate of drug-likeness (QED) is 0.169. The summed E-state index contributed by atoms with van der Waals surface area (Å²) in [6, 6.07) is 63.3. The van der Waals surface area contributed by atoms with Crippen LogP contribution in [0.5, 0.6) is 0 Å². The van der Waals surface area contributed by atoms with Crippen LogP contribution in [-0.2, 0) is 0 Å². The first kappa shape index (κ1) is 35.1. The number of hydrogen-bond acceptors (Lipinski definition) is 4. The van der Waals surface area contributed by atoms with Gasteiger partial charge in [0.2, 0.25) is 5.95 Å². The number of hydrogen-bond donors (Lipinski definition) is 0. The average molecular weight is 771 g/mol. The summed E-state index contributed by atoms with van der Waals surface area (Å²) < 4.78 is 4.74. The average Bonchev–Trinajstić information content (AvgIpc) is 3.92. The van der Waals surface area contributed by atoms with E-state index in [-0.39, 0.29) is 0 Å². The van der Waals surface area contributed by atoms with E-state index in [0.717, 1.165) is 55.9 Å². The lowest BCUT2D eigenvalue weighted by molar-refractivity contribution is 0.959. The molecule has 6 nitrogen and oxygen atoms in total. The summed E-state index contributed by atoms with van der Waals surface area (Å²) in [5.41, 5.74) is 12.6. The van der Waals surface area contributed by atoms with E-state index in [9.17, 15) is 0 Å². The lowest BCUT2D eigenvalue weighted by atomic mass is 9.99. The van der Waals surface area contributed by atoms with Crippen molar-refractivity contribution >= 4 is 55.6 Å². The van der Waals surface area contributed by atoms with E-state index in [2.05, 4.69) is 160 Å². The Hall–Kier alpha value is -8.09. The van der Waals surface area contributed by atoms with Gasteiger partial charge in [-0.05, 0) is 59.7 Å². The van der Waals surface area contributed by atoms with Crippen molar-refractivity contribution < 1.29 is 0 Å². The zero-order chi connectivity index (χ0) is 40.0. The molecule has 0 saturated carbocycles. The number of fused-ring (bicyclic) bond motifs is 6. The highest BCUT2D eigenvalue weighted by atomic mass is 15.3. The maximum atomic E-state index is 5.14. The maximum Gasteiger partial charge on any atom is 0.234 e. The van der Waals surface area contributed by atoms with Crippen LogP contribution in [0.25, 0.3) is 83.6 Å². The normalized spacial score (nSPS) is 14.4. The molecule has 284 valence electrons. The van der Waals surface area contributed by atoms with Gasteiger partial charge in [-0.3, -0.25) is 0 Å². The number of anilines is 2. The second-order valence-corrected chi connectivity index (χ2v) is 15.0. The van der Waals surface area contributed by atoms with Crippen molar-refractivity contribution in [3.05, 3.63) is 219 Å². The van der Waals surface area contributed by atoms with Crippen LogP contribution in [0.15, 0.2) is 213 Å². The van der Waals surface area contributed by atoms with E-state index in [1.165, 1.54) is 27.3 Å². The molecule has 0 bridgehead atoms. The van der Waals surface area contributed by atoms with Gasteiger partial charge in [-0.25, -0.2) is 4.98 Å². The number of rotatable bonds is 6. The molecule has 60 heavy (non-hydrogen) atoms. The summed E-state index contributed by atoms with van der Waals surface area (Å²) in [5.74, 6) is 1.79. The molecular formula is C54H38N6. The Labute approximate surface area is 348 Å². The molecule has 0 aliphatic carbocycles. The highest BCUT2D eigenvalue weighted by Crippen LogP contribution is 2.43. The van der Waals surface area contributed by atoms with Gasteiger partial charge in [0.05, 0.1) is 22.2 Å². The van der Waals surface area contributed by atoms with Crippen molar-refractivity contribution in [2.24, 2.45) is 0 Å². The number of allylic oxidation sites excluding steroid dienone is 4. The van der Waals surface area contributed by atoms with Crippen LogP contribution >= 0.6 is 0 Å². The Balaban J connectivity index is 1.13. The standard InChI is InChI=1S/C54H38N6/c1-37-35-42(27-18-33-59(48-30-16-14-28-43(37)48)54-56-52(39-21-8-3-9-22-39)55-53(57-54)40-23-10-4-11-24-40)60-49-31-17-15-29-44(49)47-36-46(38-19-6-2-7-20-38)50-45(51(47)60)32-34-58(50)41-25-12-5-13-26-41/h2-32,34-36H,1,33H2/b27-18-,42-35+. The molecule has 0 atom stereocenters. The van der Waals surface area contributed by atoms with Crippen molar-refractivity contribution in [3.63, 3.8) is 0 Å². The predicted octanol–water partition coefficient (Wildman–Crippen LogP) is 13.2. The van der Waals surface area contributed by atoms with Crippen LogP contribution in [0, 0.1) is 0 Å². The molecular weight excluding hydrogens is 733 g/mol. The molecule has 0 amide bonds. The predicted molar refractivity (Wildman–Crippen MR) is 248 cm³/mol. The molecule has 10 aromatic rings. The van der Waals surface area contributed by atoms with Gasteiger partial charge in [-0.1, -0.05) is 158 Å². The molecule has 1 aliphatic heterocycles. The molecule has 0 spiro atoms. The second kappa shape index (κ2) is 14.7. The third-order valence-electron chi connectivity index (χ3n) is 11.3. The summed E-state index contributed by atoms with van der Waals surface area (Å²) in [6.45, 7) is 5.23. The van der Waals surface area contributed by atoms with Crippen molar-refractivity contribution in [2.75, 3.05) is 11.4 Å². The molecule has 3 aromatic heterocycles. The Morgan fingerprint density at radius 2 is 1.10 bits per heavy atom. The molecule has 11 rings (SSSR count). The molecule has 4 heterocycles. The van der Waals surface area contributed by atoms with Crippen LogP contribution < -0.4 is 4.90 Å². The number of nitrogens with zero attached hydrogens (tertiary/aromatic N) is 6. The van der Waals surface area contributed by atoms with E-state index in [4.69, 9.17) is 21.5 Å². The van der Waals surface area contributed by atoms with Crippen molar-refractivity contribution in [1.29, 1.82) is 0 Å². The van der Waals surface area contributed by atoms with Crippen molar-refractivity contribution in [3.8, 4) is 39.6 Å². The van der Waals surface area contributed by atoms with Gasteiger partial charge in [0.1, 0.15) is 0 Å². The first-order valence-corrected chi connectivity index (χ1v) is 20.2. The molecule has 0 saturated heterocycles.